The first-order valence-electron chi connectivity index (χ1n) is 10.9. The molecule has 3 aromatic rings. The zero-order valence-corrected chi connectivity index (χ0v) is 18.6. The van der Waals surface area contributed by atoms with Crippen molar-refractivity contribution in [1.82, 2.24) is 19.6 Å². The van der Waals surface area contributed by atoms with E-state index in [0.717, 1.165) is 38.5 Å². The summed E-state index contributed by atoms with van der Waals surface area (Å²) in [5.74, 6) is 1.88. The van der Waals surface area contributed by atoms with E-state index in [-0.39, 0.29) is 0 Å². The van der Waals surface area contributed by atoms with E-state index in [1.165, 1.54) is 5.56 Å². The number of aromatic nitrogens is 2. The van der Waals surface area contributed by atoms with Crippen LogP contribution in [0, 0.1) is 4.84 Å². The van der Waals surface area contributed by atoms with Gasteiger partial charge in [0.05, 0.1) is 6.67 Å². The van der Waals surface area contributed by atoms with Gasteiger partial charge >= 0.3 is 0 Å². The van der Waals surface area contributed by atoms with E-state index in [2.05, 4.69) is 51.3 Å². The minimum atomic E-state index is -0.402. The lowest BCUT2D eigenvalue weighted by molar-refractivity contribution is 0.0704. The molecule has 5 rings (SSSR count). The van der Waals surface area contributed by atoms with E-state index in [4.69, 9.17) is 26.1 Å². The van der Waals surface area contributed by atoms with Gasteiger partial charge in [0, 0.05) is 32.7 Å². The molecule has 3 heterocycles. The highest BCUT2D eigenvalue weighted by molar-refractivity contribution is 7.71. The minimum absolute atomic E-state index is 0.349. The van der Waals surface area contributed by atoms with E-state index in [1.54, 1.807) is 4.68 Å². The van der Waals surface area contributed by atoms with Crippen molar-refractivity contribution in [3.8, 4) is 11.5 Å². The molecular weight excluding hydrogens is 424 g/mol. The van der Waals surface area contributed by atoms with Crippen LogP contribution in [0.1, 0.15) is 17.6 Å². The van der Waals surface area contributed by atoms with Crippen molar-refractivity contribution in [3.63, 3.8) is 0 Å². The Morgan fingerprint density at radius 2 is 1.66 bits per heavy atom. The lowest BCUT2D eigenvalue weighted by atomic mass is 10.2. The van der Waals surface area contributed by atoms with Crippen LogP contribution < -0.4 is 9.47 Å². The van der Waals surface area contributed by atoms with Crippen molar-refractivity contribution in [1.29, 1.82) is 0 Å². The summed E-state index contributed by atoms with van der Waals surface area (Å²) in [7, 11) is 0. The van der Waals surface area contributed by atoms with Crippen LogP contribution in [0.3, 0.4) is 0 Å². The first-order chi connectivity index (χ1) is 15.7. The standard InChI is InChI=1S/C24H26N4O3S/c32-24-28(25-23(31-24)22-17-29-20-10-4-5-11-21(20)30-22)18-27-15-13-26(14-16-27)12-6-9-19-7-2-1-3-8-19/h1-11,22H,12-18H2. The van der Waals surface area contributed by atoms with Crippen LogP contribution in [0.4, 0.5) is 0 Å². The molecule has 0 aliphatic carbocycles. The molecule has 0 spiro atoms. The average Bonchev–Trinajstić information content (AvgIpc) is 3.20. The first-order valence-corrected chi connectivity index (χ1v) is 11.3. The fourth-order valence-corrected chi connectivity index (χ4v) is 4.07. The Labute approximate surface area is 192 Å². The van der Waals surface area contributed by atoms with Gasteiger partial charge < -0.3 is 13.9 Å². The van der Waals surface area contributed by atoms with E-state index >= 15 is 0 Å². The molecular formula is C24H26N4O3S. The van der Waals surface area contributed by atoms with Crippen LogP contribution in [-0.2, 0) is 6.67 Å². The second kappa shape index (κ2) is 9.68. The number of piperazine rings is 1. The molecule has 1 unspecified atom stereocenters. The fourth-order valence-electron chi connectivity index (χ4n) is 3.89. The maximum Gasteiger partial charge on any atom is 0.288 e. The molecule has 0 bridgehead atoms. The third-order valence-corrected chi connectivity index (χ3v) is 5.97. The van der Waals surface area contributed by atoms with Crippen molar-refractivity contribution in [2.45, 2.75) is 12.8 Å². The zero-order chi connectivity index (χ0) is 21.8. The van der Waals surface area contributed by atoms with E-state index < -0.39 is 6.10 Å². The predicted octanol–water partition coefficient (Wildman–Crippen LogP) is 4.01. The van der Waals surface area contributed by atoms with Crippen LogP contribution in [0.25, 0.3) is 6.08 Å². The lowest BCUT2D eigenvalue weighted by Gasteiger charge is -2.33. The lowest BCUT2D eigenvalue weighted by Crippen LogP contribution is -2.46. The summed E-state index contributed by atoms with van der Waals surface area (Å²) in [6.45, 7) is 5.85. The van der Waals surface area contributed by atoms with E-state index in [0.29, 0.717) is 29.8 Å². The highest BCUT2D eigenvalue weighted by atomic mass is 32.1. The van der Waals surface area contributed by atoms with Crippen molar-refractivity contribution in [3.05, 3.63) is 77.0 Å². The van der Waals surface area contributed by atoms with Gasteiger partial charge in [0.15, 0.2) is 11.5 Å². The molecule has 1 aromatic heterocycles. The monoisotopic (exact) mass is 450 g/mol. The first kappa shape index (κ1) is 20.9. The number of rotatable bonds is 6. The van der Waals surface area contributed by atoms with Crippen molar-refractivity contribution < 1.29 is 13.9 Å². The third-order valence-electron chi connectivity index (χ3n) is 5.68. The zero-order valence-electron chi connectivity index (χ0n) is 17.8. The molecule has 2 aromatic carbocycles. The Bertz CT molecular complexity index is 1120. The van der Waals surface area contributed by atoms with Crippen LogP contribution in [0.5, 0.6) is 11.5 Å². The van der Waals surface area contributed by atoms with Crippen molar-refractivity contribution in [2.24, 2.45) is 0 Å². The van der Waals surface area contributed by atoms with Gasteiger partial charge in [-0.05, 0) is 29.9 Å². The Balaban J connectivity index is 1.13. The van der Waals surface area contributed by atoms with Gasteiger partial charge in [-0.15, -0.1) is 5.10 Å². The summed E-state index contributed by atoms with van der Waals surface area (Å²) in [6, 6.07) is 18.0. The number of fused-ring (bicyclic) bond motifs is 1. The molecule has 32 heavy (non-hydrogen) atoms. The smallest absolute Gasteiger partial charge is 0.288 e. The average molecular weight is 451 g/mol. The number of nitrogens with zero attached hydrogens (tertiary/aromatic N) is 4. The van der Waals surface area contributed by atoms with Gasteiger partial charge in [0.2, 0.25) is 6.10 Å². The molecule has 2 aliphatic heterocycles. The number of para-hydroxylation sites is 2. The summed E-state index contributed by atoms with van der Waals surface area (Å²) >= 11 is 5.41. The van der Waals surface area contributed by atoms with Crippen LogP contribution >= 0.6 is 12.2 Å². The third kappa shape index (κ3) is 4.93. The van der Waals surface area contributed by atoms with Gasteiger partial charge in [-0.1, -0.05) is 54.6 Å². The maximum atomic E-state index is 5.99. The minimum Gasteiger partial charge on any atom is -0.485 e. The summed E-state index contributed by atoms with van der Waals surface area (Å²) in [4.78, 5) is 5.15. The highest BCUT2D eigenvalue weighted by Crippen LogP contribution is 2.35. The van der Waals surface area contributed by atoms with E-state index in [1.807, 2.05) is 30.3 Å². The SMILES string of the molecule is S=c1oc(C2COc3ccccc3O2)nn1CN1CCN(CC=Cc2ccccc2)CC1. The quantitative estimate of drug-likeness (QED) is 0.526. The summed E-state index contributed by atoms with van der Waals surface area (Å²) in [6.07, 6.45) is 4.01. The second-order valence-corrected chi connectivity index (χ2v) is 8.29. The molecule has 1 saturated heterocycles. The molecule has 1 fully saturated rings. The molecule has 166 valence electrons. The highest BCUT2D eigenvalue weighted by Gasteiger charge is 2.27. The number of ether oxygens (including phenoxy) is 2. The fraction of sp³-hybridized carbons (Fsp3) is 0.333. The van der Waals surface area contributed by atoms with Crippen LogP contribution in [0.15, 0.2) is 65.1 Å². The summed E-state index contributed by atoms with van der Waals surface area (Å²) in [5.41, 5.74) is 1.23. The molecule has 0 N–H and O–H groups in total. The van der Waals surface area contributed by atoms with Crippen LogP contribution in [-0.4, -0.2) is 58.9 Å². The van der Waals surface area contributed by atoms with Crippen LogP contribution in [0.2, 0.25) is 0 Å². The van der Waals surface area contributed by atoms with Gasteiger partial charge in [-0.3, -0.25) is 9.80 Å². The molecule has 0 saturated carbocycles. The van der Waals surface area contributed by atoms with Gasteiger partial charge in [-0.25, -0.2) is 4.68 Å². The number of hydrogen-bond donors (Lipinski definition) is 0. The molecule has 2 aliphatic rings. The Hall–Kier alpha value is -2.94. The van der Waals surface area contributed by atoms with Crippen molar-refractivity contribution in [2.75, 3.05) is 39.3 Å². The molecule has 0 amide bonds. The molecule has 8 heteroatoms. The molecule has 0 radical (unpaired) electrons. The largest absolute Gasteiger partial charge is 0.485 e. The van der Waals surface area contributed by atoms with E-state index in [9.17, 15) is 0 Å². The summed E-state index contributed by atoms with van der Waals surface area (Å²) in [5, 5.41) is 4.58. The topological polar surface area (TPSA) is 55.9 Å². The Kier molecular flexibility index (Phi) is 6.34. The summed E-state index contributed by atoms with van der Waals surface area (Å²) < 4.78 is 19.2. The van der Waals surface area contributed by atoms with Gasteiger partial charge in [0.1, 0.15) is 6.61 Å². The Morgan fingerprint density at radius 1 is 0.938 bits per heavy atom. The molecule has 1 atom stereocenters. The maximum absolute atomic E-state index is 5.99. The number of benzene rings is 2. The number of hydrogen-bond acceptors (Lipinski definition) is 7. The molecule has 7 nitrogen and oxygen atoms in total. The normalized spacial score (nSPS) is 19.4. The second-order valence-electron chi connectivity index (χ2n) is 7.94. The Morgan fingerprint density at radius 3 is 2.47 bits per heavy atom. The van der Waals surface area contributed by atoms with Crippen molar-refractivity contribution >= 4 is 18.3 Å². The predicted molar refractivity (Wildman–Crippen MR) is 124 cm³/mol. The van der Waals surface area contributed by atoms with Gasteiger partial charge in [-0.2, -0.15) is 0 Å². The van der Waals surface area contributed by atoms with Gasteiger partial charge in [0.25, 0.3) is 10.7 Å².